The molecular formula is C12H9ClN2O5. The van der Waals surface area contributed by atoms with E-state index in [-0.39, 0.29) is 22.8 Å². The third kappa shape index (κ3) is 3.07. The van der Waals surface area contributed by atoms with Gasteiger partial charge < -0.3 is 14.8 Å². The highest BCUT2D eigenvalue weighted by molar-refractivity contribution is 6.32. The van der Waals surface area contributed by atoms with Gasteiger partial charge in [-0.2, -0.15) is 0 Å². The number of carboxylic acid groups (broad SMARTS) is 1. The summed E-state index contributed by atoms with van der Waals surface area (Å²) < 4.78 is 5.05. The minimum absolute atomic E-state index is 0.0453. The van der Waals surface area contributed by atoms with Gasteiger partial charge in [0.05, 0.1) is 17.0 Å². The molecule has 0 amide bonds. The average Bonchev–Trinajstić information content (AvgIpc) is 2.86. The summed E-state index contributed by atoms with van der Waals surface area (Å²) in [5, 5.41) is 22.4. The monoisotopic (exact) mass is 296 g/mol. The van der Waals surface area contributed by atoms with Crippen molar-refractivity contribution < 1.29 is 19.2 Å². The molecule has 7 nitrogen and oxygen atoms in total. The predicted molar refractivity (Wildman–Crippen MR) is 71.1 cm³/mol. The summed E-state index contributed by atoms with van der Waals surface area (Å²) in [5.41, 5.74) is 0.320. The van der Waals surface area contributed by atoms with Crippen LogP contribution in [-0.2, 0) is 6.54 Å². The van der Waals surface area contributed by atoms with E-state index in [4.69, 9.17) is 21.1 Å². The molecule has 0 aliphatic rings. The molecule has 0 spiro atoms. The Morgan fingerprint density at radius 1 is 1.45 bits per heavy atom. The van der Waals surface area contributed by atoms with E-state index in [2.05, 4.69) is 5.32 Å². The Morgan fingerprint density at radius 3 is 2.80 bits per heavy atom. The van der Waals surface area contributed by atoms with E-state index in [1.807, 2.05) is 0 Å². The van der Waals surface area contributed by atoms with E-state index in [1.54, 1.807) is 6.07 Å². The maximum Gasteiger partial charge on any atom is 0.338 e. The Kier molecular flexibility index (Phi) is 3.90. The van der Waals surface area contributed by atoms with E-state index in [0.717, 1.165) is 6.26 Å². The second-order valence-electron chi connectivity index (χ2n) is 3.88. The summed E-state index contributed by atoms with van der Waals surface area (Å²) in [7, 11) is 0. The molecule has 1 aromatic heterocycles. The molecular weight excluding hydrogens is 288 g/mol. The summed E-state index contributed by atoms with van der Waals surface area (Å²) in [6.45, 7) is 0.200. The van der Waals surface area contributed by atoms with E-state index in [0.29, 0.717) is 11.4 Å². The molecule has 0 bridgehead atoms. The third-order valence-corrected chi connectivity index (χ3v) is 2.83. The number of furan rings is 1. The number of aromatic carboxylic acids is 1. The molecule has 20 heavy (non-hydrogen) atoms. The normalized spacial score (nSPS) is 10.2. The maximum atomic E-state index is 10.7. The fourth-order valence-electron chi connectivity index (χ4n) is 1.54. The van der Waals surface area contributed by atoms with Crippen molar-refractivity contribution in [3.05, 3.63) is 57.0 Å². The van der Waals surface area contributed by atoms with Crippen molar-refractivity contribution in [1.29, 1.82) is 0 Å². The lowest BCUT2D eigenvalue weighted by molar-refractivity contribution is -0.384. The number of hydrogen-bond acceptors (Lipinski definition) is 5. The molecule has 0 aliphatic heterocycles. The summed E-state index contributed by atoms with van der Waals surface area (Å²) in [6, 6.07) is 5.66. The Hall–Kier alpha value is -2.54. The van der Waals surface area contributed by atoms with Gasteiger partial charge in [-0.05, 0) is 18.2 Å². The molecule has 0 saturated carbocycles. The molecule has 2 aromatic rings. The number of carboxylic acids is 1. The van der Waals surface area contributed by atoms with Gasteiger partial charge in [0.2, 0.25) is 0 Å². The first-order chi connectivity index (χ1) is 9.47. The van der Waals surface area contributed by atoms with Crippen molar-refractivity contribution in [2.24, 2.45) is 0 Å². The molecule has 0 atom stereocenters. The molecule has 1 heterocycles. The molecule has 0 aliphatic carbocycles. The van der Waals surface area contributed by atoms with Crippen LogP contribution in [-0.4, -0.2) is 16.0 Å². The summed E-state index contributed by atoms with van der Waals surface area (Å²) in [5.74, 6) is -0.679. The van der Waals surface area contributed by atoms with Crippen LogP contribution >= 0.6 is 11.6 Å². The van der Waals surface area contributed by atoms with Gasteiger partial charge in [0.15, 0.2) is 0 Å². The van der Waals surface area contributed by atoms with Crippen LogP contribution in [0.25, 0.3) is 0 Å². The molecule has 1 aromatic carbocycles. The van der Waals surface area contributed by atoms with Crippen LogP contribution in [0.2, 0.25) is 5.02 Å². The van der Waals surface area contributed by atoms with Crippen LogP contribution in [0, 0.1) is 10.1 Å². The van der Waals surface area contributed by atoms with Gasteiger partial charge in [0.1, 0.15) is 17.0 Å². The SMILES string of the molecule is O=C(O)c1coc(CNc2ccc(Cl)c([N+](=O)[O-])c2)c1. The molecule has 8 heteroatoms. The van der Waals surface area contributed by atoms with Crippen molar-refractivity contribution in [1.82, 2.24) is 0 Å². The van der Waals surface area contributed by atoms with Gasteiger partial charge in [-0.15, -0.1) is 0 Å². The van der Waals surface area contributed by atoms with Crippen LogP contribution in [0.4, 0.5) is 11.4 Å². The number of rotatable bonds is 5. The first-order valence-corrected chi connectivity index (χ1v) is 5.83. The summed E-state index contributed by atoms with van der Waals surface area (Å²) in [6.07, 6.45) is 1.13. The van der Waals surface area contributed by atoms with E-state index in [1.165, 1.54) is 18.2 Å². The molecule has 0 saturated heterocycles. The van der Waals surface area contributed by atoms with Crippen LogP contribution in [0.1, 0.15) is 16.1 Å². The van der Waals surface area contributed by atoms with Crippen LogP contribution in [0.3, 0.4) is 0 Å². The maximum absolute atomic E-state index is 10.7. The molecule has 0 radical (unpaired) electrons. The van der Waals surface area contributed by atoms with Crippen LogP contribution < -0.4 is 5.32 Å². The zero-order valence-electron chi connectivity index (χ0n) is 10.00. The summed E-state index contributed by atoms with van der Waals surface area (Å²) in [4.78, 5) is 20.8. The van der Waals surface area contributed by atoms with Gasteiger partial charge in [-0.25, -0.2) is 4.79 Å². The number of nitrogens with one attached hydrogen (secondary N) is 1. The fraction of sp³-hybridized carbons (Fsp3) is 0.0833. The number of nitro benzene ring substituents is 1. The summed E-state index contributed by atoms with van der Waals surface area (Å²) >= 11 is 5.69. The molecule has 2 rings (SSSR count). The van der Waals surface area contributed by atoms with Crippen molar-refractivity contribution >= 4 is 28.9 Å². The average molecular weight is 297 g/mol. The van der Waals surface area contributed by atoms with E-state index in [9.17, 15) is 14.9 Å². The fourth-order valence-corrected chi connectivity index (χ4v) is 1.72. The highest BCUT2D eigenvalue weighted by Gasteiger charge is 2.13. The van der Waals surface area contributed by atoms with Gasteiger partial charge in [0, 0.05) is 11.8 Å². The molecule has 2 N–H and O–H groups in total. The first-order valence-electron chi connectivity index (χ1n) is 5.46. The van der Waals surface area contributed by atoms with Crippen molar-refractivity contribution in [3.63, 3.8) is 0 Å². The minimum atomic E-state index is -1.08. The second-order valence-corrected chi connectivity index (χ2v) is 4.29. The topological polar surface area (TPSA) is 106 Å². The van der Waals surface area contributed by atoms with Gasteiger partial charge in [-0.3, -0.25) is 10.1 Å². The lowest BCUT2D eigenvalue weighted by atomic mass is 10.2. The number of benzene rings is 1. The van der Waals surface area contributed by atoms with Gasteiger partial charge >= 0.3 is 5.97 Å². The number of anilines is 1. The van der Waals surface area contributed by atoms with Crippen LogP contribution in [0.5, 0.6) is 0 Å². The largest absolute Gasteiger partial charge is 0.478 e. The number of hydrogen-bond donors (Lipinski definition) is 2. The van der Waals surface area contributed by atoms with E-state index < -0.39 is 10.9 Å². The Balaban J connectivity index is 2.08. The van der Waals surface area contributed by atoms with Gasteiger partial charge in [-0.1, -0.05) is 11.6 Å². The zero-order valence-corrected chi connectivity index (χ0v) is 10.8. The highest BCUT2D eigenvalue weighted by Crippen LogP contribution is 2.27. The third-order valence-electron chi connectivity index (χ3n) is 2.51. The predicted octanol–water partition coefficient (Wildman–Crippen LogP) is 3.15. The zero-order chi connectivity index (χ0) is 14.7. The van der Waals surface area contributed by atoms with Crippen LogP contribution in [0.15, 0.2) is 34.9 Å². The lowest BCUT2D eigenvalue weighted by Crippen LogP contribution is -1.99. The molecule has 104 valence electrons. The first kappa shape index (κ1) is 13.9. The highest BCUT2D eigenvalue weighted by atomic mass is 35.5. The quantitative estimate of drug-likeness (QED) is 0.648. The number of carbonyl (C=O) groups is 1. The number of nitrogens with zero attached hydrogens (tertiary/aromatic N) is 1. The Labute approximate surface area is 117 Å². The lowest BCUT2D eigenvalue weighted by Gasteiger charge is -2.04. The second kappa shape index (κ2) is 5.62. The Bertz CT molecular complexity index is 668. The van der Waals surface area contributed by atoms with Gasteiger partial charge in [0.25, 0.3) is 5.69 Å². The van der Waals surface area contributed by atoms with E-state index >= 15 is 0 Å². The minimum Gasteiger partial charge on any atom is -0.478 e. The van der Waals surface area contributed by atoms with Crippen molar-refractivity contribution in [2.75, 3.05) is 5.32 Å². The molecule has 0 unspecified atom stereocenters. The Morgan fingerprint density at radius 2 is 2.20 bits per heavy atom. The number of halogens is 1. The standard InChI is InChI=1S/C12H9ClN2O5/c13-10-2-1-8(4-11(10)15(18)19)14-5-9-3-7(6-20-9)12(16)17/h1-4,6,14H,5H2,(H,16,17). The molecule has 0 fully saturated rings. The number of nitro groups is 1. The van der Waals surface area contributed by atoms with Crippen molar-refractivity contribution in [3.8, 4) is 0 Å². The smallest absolute Gasteiger partial charge is 0.338 e. The van der Waals surface area contributed by atoms with Crippen molar-refractivity contribution in [2.45, 2.75) is 6.54 Å².